The minimum absolute atomic E-state index is 0.144. The second-order valence-electron chi connectivity index (χ2n) is 5.27. The average molecular weight is 271 g/mol. The van der Waals surface area contributed by atoms with Crippen LogP contribution in [0.5, 0.6) is 0 Å². The van der Waals surface area contributed by atoms with Crippen molar-refractivity contribution in [1.29, 1.82) is 0 Å². The number of nitrogens with two attached hydrogens (primary N) is 1. The lowest BCUT2D eigenvalue weighted by Gasteiger charge is -2.24. The Labute approximate surface area is 109 Å². The highest BCUT2D eigenvalue weighted by Gasteiger charge is 2.25. The molecule has 0 spiro atoms. The zero-order chi connectivity index (χ0) is 13.8. The van der Waals surface area contributed by atoms with Crippen LogP contribution in [0.15, 0.2) is 24.3 Å². The van der Waals surface area contributed by atoms with Gasteiger partial charge in [-0.2, -0.15) is 0 Å². The number of rotatable bonds is 6. The summed E-state index contributed by atoms with van der Waals surface area (Å²) in [6.45, 7) is 4.35. The molecule has 0 unspecified atom stereocenters. The Balaban J connectivity index is 2.83. The molecule has 0 radical (unpaired) electrons. The summed E-state index contributed by atoms with van der Waals surface area (Å²) in [5.41, 5.74) is 1.76. The van der Waals surface area contributed by atoms with Gasteiger partial charge < -0.3 is 4.84 Å². The maximum atomic E-state index is 11.4. The van der Waals surface area contributed by atoms with Crippen LogP contribution in [0, 0.1) is 0 Å². The second-order valence-corrected chi connectivity index (χ2v) is 7.41. The van der Waals surface area contributed by atoms with Crippen molar-refractivity contribution in [3.05, 3.63) is 35.4 Å². The number of sulfone groups is 1. The molecule has 1 rings (SSSR count). The summed E-state index contributed by atoms with van der Waals surface area (Å²) >= 11 is 0. The van der Waals surface area contributed by atoms with Crippen LogP contribution in [0.25, 0.3) is 0 Å². The summed E-state index contributed by atoms with van der Waals surface area (Å²) < 4.78 is 22.8. The molecule has 0 aliphatic heterocycles. The molecule has 102 valence electrons. The number of benzene rings is 1. The Morgan fingerprint density at radius 1 is 1.22 bits per heavy atom. The van der Waals surface area contributed by atoms with E-state index in [2.05, 4.69) is 4.84 Å². The number of hydrogen-bond acceptors (Lipinski definition) is 4. The van der Waals surface area contributed by atoms with Gasteiger partial charge in [-0.15, -0.1) is 0 Å². The quantitative estimate of drug-likeness (QED) is 0.795. The highest BCUT2D eigenvalue weighted by molar-refractivity contribution is 7.90. The number of hydrogen-bond donors (Lipinski definition) is 1. The molecule has 4 nitrogen and oxygen atoms in total. The van der Waals surface area contributed by atoms with Crippen LogP contribution in [-0.4, -0.2) is 27.0 Å². The third-order valence-corrected chi connectivity index (χ3v) is 4.11. The fourth-order valence-corrected chi connectivity index (χ4v) is 3.52. The Kier molecular flexibility index (Phi) is 4.90. The van der Waals surface area contributed by atoms with Crippen molar-refractivity contribution in [2.45, 2.75) is 25.7 Å². The van der Waals surface area contributed by atoms with Crippen LogP contribution >= 0.6 is 0 Å². The first kappa shape index (κ1) is 15.1. The first-order valence-electron chi connectivity index (χ1n) is 5.83. The van der Waals surface area contributed by atoms with Crippen LogP contribution in [-0.2, 0) is 26.5 Å². The molecule has 0 aliphatic rings. The van der Waals surface area contributed by atoms with E-state index in [1.165, 1.54) is 6.26 Å². The first-order valence-corrected chi connectivity index (χ1v) is 7.89. The van der Waals surface area contributed by atoms with Gasteiger partial charge in [0.1, 0.15) is 9.84 Å². The lowest BCUT2D eigenvalue weighted by Crippen LogP contribution is -2.27. The van der Waals surface area contributed by atoms with E-state index in [1.807, 2.05) is 38.1 Å². The summed E-state index contributed by atoms with van der Waals surface area (Å²) in [5, 5.41) is 0. The smallest absolute Gasteiger partial charge is 0.148 e. The van der Waals surface area contributed by atoms with Gasteiger partial charge in [0.2, 0.25) is 0 Å². The fraction of sp³-hybridized carbons (Fsp3) is 0.538. The zero-order valence-electron chi connectivity index (χ0n) is 11.1. The predicted molar refractivity (Wildman–Crippen MR) is 73.0 cm³/mol. The van der Waals surface area contributed by atoms with Gasteiger partial charge in [0.05, 0.1) is 12.4 Å². The molecule has 0 atom stereocenters. The van der Waals surface area contributed by atoms with Crippen molar-refractivity contribution in [2.75, 3.05) is 18.6 Å². The minimum atomic E-state index is -2.99. The summed E-state index contributed by atoms with van der Waals surface area (Å²) in [6.07, 6.45) is 2.02. The molecular formula is C13H21NO3S. The molecule has 0 bridgehead atoms. The molecule has 0 amide bonds. The maximum absolute atomic E-state index is 11.4. The van der Waals surface area contributed by atoms with Crippen LogP contribution < -0.4 is 5.90 Å². The standard InChI is InChI=1S/C13H21NO3S/c1-13(2,10-18(3,15)16)12-6-4-11(5-7-12)8-9-17-14/h4-7H,8-10,14H2,1-3H3. The Hall–Kier alpha value is -0.910. The molecule has 0 fully saturated rings. The van der Waals surface area contributed by atoms with Crippen molar-refractivity contribution >= 4 is 9.84 Å². The first-order chi connectivity index (χ1) is 8.24. The minimum Gasteiger partial charge on any atom is -0.304 e. The van der Waals surface area contributed by atoms with E-state index in [-0.39, 0.29) is 11.2 Å². The van der Waals surface area contributed by atoms with Gasteiger partial charge in [0, 0.05) is 11.7 Å². The van der Waals surface area contributed by atoms with Gasteiger partial charge in [0.25, 0.3) is 0 Å². The lowest BCUT2D eigenvalue weighted by atomic mass is 9.86. The Morgan fingerprint density at radius 2 is 1.78 bits per heavy atom. The molecule has 1 aromatic carbocycles. The molecule has 0 aliphatic carbocycles. The SMILES string of the molecule is CC(C)(CS(C)(=O)=O)c1ccc(CCON)cc1. The fourth-order valence-electron chi connectivity index (χ4n) is 2.04. The third kappa shape index (κ3) is 4.76. The van der Waals surface area contributed by atoms with E-state index >= 15 is 0 Å². The third-order valence-electron chi connectivity index (χ3n) is 2.87. The van der Waals surface area contributed by atoms with Gasteiger partial charge in [-0.25, -0.2) is 14.3 Å². The van der Waals surface area contributed by atoms with Crippen molar-refractivity contribution in [1.82, 2.24) is 0 Å². The highest BCUT2D eigenvalue weighted by Crippen LogP contribution is 2.25. The topological polar surface area (TPSA) is 69.4 Å². The van der Waals surface area contributed by atoms with Gasteiger partial charge in [-0.05, 0) is 17.5 Å². The Morgan fingerprint density at radius 3 is 2.22 bits per heavy atom. The van der Waals surface area contributed by atoms with Crippen molar-refractivity contribution in [3.63, 3.8) is 0 Å². The van der Waals surface area contributed by atoms with E-state index in [9.17, 15) is 8.42 Å². The Bertz CT molecular complexity index is 477. The molecule has 1 aromatic rings. The largest absolute Gasteiger partial charge is 0.304 e. The van der Waals surface area contributed by atoms with Gasteiger partial charge in [0.15, 0.2) is 0 Å². The second kappa shape index (κ2) is 5.82. The zero-order valence-corrected chi connectivity index (χ0v) is 12.0. The van der Waals surface area contributed by atoms with Crippen LogP contribution in [0.2, 0.25) is 0 Å². The summed E-state index contributed by atoms with van der Waals surface area (Å²) in [5.74, 6) is 5.12. The monoisotopic (exact) mass is 271 g/mol. The van der Waals surface area contributed by atoms with Crippen molar-refractivity contribution in [2.24, 2.45) is 5.90 Å². The molecule has 5 heteroatoms. The molecule has 0 saturated carbocycles. The average Bonchev–Trinajstić information content (AvgIpc) is 2.23. The van der Waals surface area contributed by atoms with Gasteiger partial charge in [-0.1, -0.05) is 38.1 Å². The van der Waals surface area contributed by atoms with E-state index in [0.717, 1.165) is 17.5 Å². The van der Waals surface area contributed by atoms with E-state index in [0.29, 0.717) is 6.61 Å². The molecule has 0 aromatic heterocycles. The van der Waals surface area contributed by atoms with E-state index in [1.54, 1.807) is 0 Å². The van der Waals surface area contributed by atoms with E-state index in [4.69, 9.17) is 5.90 Å². The summed E-state index contributed by atoms with van der Waals surface area (Å²) in [7, 11) is -2.99. The molecule has 0 heterocycles. The lowest BCUT2D eigenvalue weighted by molar-refractivity contribution is 0.141. The van der Waals surface area contributed by atoms with Gasteiger partial charge in [-0.3, -0.25) is 0 Å². The van der Waals surface area contributed by atoms with Gasteiger partial charge >= 0.3 is 0 Å². The highest BCUT2D eigenvalue weighted by atomic mass is 32.2. The van der Waals surface area contributed by atoms with Crippen LogP contribution in [0.4, 0.5) is 0 Å². The summed E-state index contributed by atoms with van der Waals surface area (Å²) in [4.78, 5) is 4.53. The maximum Gasteiger partial charge on any atom is 0.148 e. The normalized spacial score (nSPS) is 12.7. The molecule has 18 heavy (non-hydrogen) atoms. The van der Waals surface area contributed by atoms with Crippen LogP contribution in [0.1, 0.15) is 25.0 Å². The van der Waals surface area contributed by atoms with Crippen LogP contribution in [0.3, 0.4) is 0 Å². The summed E-state index contributed by atoms with van der Waals surface area (Å²) in [6, 6.07) is 7.91. The molecule has 0 saturated heterocycles. The van der Waals surface area contributed by atoms with Crippen molar-refractivity contribution < 1.29 is 13.3 Å². The van der Waals surface area contributed by atoms with E-state index < -0.39 is 9.84 Å². The van der Waals surface area contributed by atoms with Crippen molar-refractivity contribution in [3.8, 4) is 0 Å². The molecule has 2 N–H and O–H groups in total. The molecular weight excluding hydrogens is 250 g/mol. The predicted octanol–water partition coefficient (Wildman–Crippen LogP) is 1.44.